The third kappa shape index (κ3) is 3.71. The molecule has 0 aromatic rings. The first kappa shape index (κ1) is 13.4. The van der Waals surface area contributed by atoms with Crippen LogP contribution in [0.5, 0.6) is 0 Å². The second-order valence-electron chi connectivity index (χ2n) is 4.62. The highest BCUT2D eigenvalue weighted by atomic mass is 19.4. The van der Waals surface area contributed by atoms with Gasteiger partial charge in [-0.2, -0.15) is 13.2 Å². The average molecular weight is 234 g/mol. The number of unbranched alkanes of at least 4 members (excludes halogenated alkanes) is 1. The van der Waals surface area contributed by atoms with E-state index in [1.165, 1.54) is 0 Å². The van der Waals surface area contributed by atoms with Crippen molar-refractivity contribution in [3.05, 3.63) is 0 Å². The minimum atomic E-state index is -4.18. The van der Waals surface area contributed by atoms with Gasteiger partial charge < -0.3 is 5.11 Å². The summed E-state index contributed by atoms with van der Waals surface area (Å²) in [5.74, 6) is 1.08. The van der Waals surface area contributed by atoms with Crippen molar-refractivity contribution >= 4 is 0 Å². The fourth-order valence-electron chi connectivity index (χ4n) is 2.37. The molecule has 1 N–H and O–H groups in total. The topological polar surface area (TPSA) is 20.2 Å². The minimum Gasteiger partial charge on any atom is -0.390 e. The summed E-state index contributed by atoms with van der Waals surface area (Å²) in [6, 6.07) is 0. The van der Waals surface area contributed by atoms with E-state index in [-0.39, 0.29) is 12.8 Å². The Kier molecular flexibility index (Phi) is 4.26. The minimum absolute atomic E-state index is 0.140. The smallest absolute Gasteiger partial charge is 0.390 e. The fraction of sp³-hybridized carbons (Fsp3) is 0.833. The number of hydrogen-bond acceptors (Lipinski definition) is 1. The lowest BCUT2D eigenvalue weighted by atomic mass is 9.75. The van der Waals surface area contributed by atoms with Crippen LogP contribution in [0.15, 0.2) is 0 Å². The molecule has 0 radical (unpaired) electrons. The lowest BCUT2D eigenvalue weighted by molar-refractivity contribution is -0.201. The molecule has 1 nitrogen and oxygen atoms in total. The molecule has 0 heterocycles. The molecule has 0 bridgehead atoms. The van der Waals surface area contributed by atoms with Crippen LogP contribution in [0, 0.1) is 18.3 Å². The summed E-state index contributed by atoms with van der Waals surface area (Å²) >= 11 is 0. The molecule has 1 saturated carbocycles. The van der Waals surface area contributed by atoms with Crippen molar-refractivity contribution in [2.75, 3.05) is 0 Å². The van der Waals surface area contributed by atoms with Crippen LogP contribution in [0.1, 0.15) is 44.9 Å². The van der Waals surface area contributed by atoms with Crippen molar-refractivity contribution in [2.24, 2.45) is 5.92 Å². The van der Waals surface area contributed by atoms with Gasteiger partial charge in [0.1, 0.15) is 0 Å². The Morgan fingerprint density at radius 3 is 2.69 bits per heavy atom. The van der Waals surface area contributed by atoms with Crippen LogP contribution in [-0.2, 0) is 0 Å². The van der Waals surface area contributed by atoms with Gasteiger partial charge in [-0.25, -0.2) is 0 Å². The van der Waals surface area contributed by atoms with Gasteiger partial charge in [-0.05, 0) is 38.5 Å². The van der Waals surface area contributed by atoms with Crippen molar-refractivity contribution < 1.29 is 18.3 Å². The number of aliphatic hydroxyl groups is 1. The van der Waals surface area contributed by atoms with Crippen molar-refractivity contribution in [3.8, 4) is 12.3 Å². The second-order valence-corrected chi connectivity index (χ2v) is 4.62. The van der Waals surface area contributed by atoms with Gasteiger partial charge >= 0.3 is 6.18 Å². The van der Waals surface area contributed by atoms with Crippen LogP contribution in [0.4, 0.5) is 13.2 Å². The number of terminal acetylenes is 1. The maximum atomic E-state index is 12.5. The highest BCUT2D eigenvalue weighted by molar-refractivity contribution is 4.91. The molecule has 1 fully saturated rings. The van der Waals surface area contributed by atoms with Gasteiger partial charge in [-0.1, -0.05) is 0 Å². The SMILES string of the molecule is C#CCCCC1(O)CCCC(C(F)(F)F)C1. The Hall–Kier alpha value is -0.690. The Morgan fingerprint density at radius 1 is 1.44 bits per heavy atom. The third-order valence-corrected chi connectivity index (χ3v) is 3.25. The molecule has 0 aliphatic heterocycles. The zero-order valence-electron chi connectivity index (χ0n) is 9.19. The molecule has 0 spiro atoms. The summed E-state index contributed by atoms with van der Waals surface area (Å²) in [6.07, 6.45) is 3.26. The molecule has 1 aliphatic carbocycles. The molecule has 0 aromatic carbocycles. The van der Waals surface area contributed by atoms with Crippen LogP contribution in [-0.4, -0.2) is 16.9 Å². The zero-order valence-corrected chi connectivity index (χ0v) is 9.19. The van der Waals surface area contributed by atoms with Crippen LogP contribution in [0.25, 0.3) is 0 Å². The van der Waals surface area contributed by atoms with Crippen molar-refractivity contribution in [1.82, 2.24) is 0 Å². The van der Waals surface area contributed by atoms with Gasteiger partial charge in [0.25, 0.3) is 0 Å². The van der Waals surface area contributed by atoms with E-state index in [0.717, 1.165) is 0 Å². The largest absolute Gasteiger partial charge is 0.391 e. The van der Waals surface area contributed by atoms with Crippen LogP contribution in [0.2, 0.25) is 0 Å². The zero-order chi connectivity index (χ0) is 12.2. The standard InChI is InChI=1S/C12H17F3O/c1-2-3-4-7-11(16)8-5-6-10(9-11)12(13,14)15/h1,10,16H,3-9H2. The van der Waals surface area contributed by atoms with Gasteiger partial charge in [0.05, 0.1) is 11.5 Å². The molecule has 0 aromatic heterocycles. The summed E-state index contributed by atoms with van der Waals surface area (Å²) in [6.45, 7) is 0. The predicted molar refractivity (Wildman–Crippen MR) is 55.6 cm³/mol. The van der Waals surface area contributed by atoms with E-state index >= 15 is 0 Å². The molecule has 0 amide bonds. The van der Waals surface area contributed by atoms with Gasteiger partial charge in [-0.3, -0.25) is 0 Å². The van der Waals surface area contributed by atoms with Crippen molar-refractivity contribution in [3.63, 3.8) is 0 Å². The first-order chi connectivity index (χ1) is 7.37. The fourth-order valence-corrected chi connectivity index (χ4v) is 2.37. The Balaban J connectivity index is 2.51. The van der Waals surface area contributed by atoms with E-state index in [4.69, 9.17) is 6.42 Å². The second kappa shape index (κ2) is 5.09. The first-order valence-corrected chi connectivity index (χ1v) is 5.60. The molecule has 4 heteroatoms. The number of hydrogen-bond donors (Lipinski definition) is 1. The highest BCUT2D eigenvalue weighted by Gasteiger charge is 2.46. The quantitative estimate of drug-likeness (QED) is 0.587. The molecular formula is C12H17F3O. The summed E-state index contributed by atoms with van der Waals surface area (Å²) in [5, 5.41) is 10.1. The summed E-state index contributed by atoms with van der Waals surface area (Å²) in [7, 11) is 0. The Labute approximate surface area is 94.0 Å². The van der Waals surface area contributed by atoms with Crippen LogP contribution >= 0.6 is 0 Å². The number of rotatable bonds is 3. The van der Waals surface area contributed by atoms with E-state index in [1.54, 1.807) is 0 Å². The van der Waals surface area contributed by atoms with Crippen LogP contribution in [0.3, 0.4) is 0 Å². The van der Waals surface area contributed by atoms with Crippen molar-refractivity contribution in [1.29, 1.82) is 0 Å². The highest BCUT2D eigenvalue weighted by Crippen LogP contribution is 2.43. The molecule has 16 heavy (non-hydrogen) atoms. The van der Waals surface area contributed by atoms with Crippen molar-refractivity contribution in [2.45, 2.75) is 56.7 Å². The monoisotopic (exact) mass is 234 g/mol. The molecule has 92 valence electrons. The normalized spacial score (nSPS) is 31.1. The average Bonchev–Trinajstić information content (AvgIpc) is 2.16. The van der Waals surface area contributed by atoms with Gasteiger partial charge in [-0.15, -0.1) is 12.3 Å². The van der Waals surface area contributed by atoms with Gasteiger partial charge in [0.15, 0.2) is 0 Å². The lowest BCUT2D eigenvalue weighted by Gasteiger charge is -2.37. The summed E-state index contributed by atoms with van der Waals surface area (Å²) < 4.78 is 37.6. The van der Waals surface area contributed by atoms with Crippen LogP contribution < -0.4 is 0 Å². The van der Waals surface area contributed by atoms with E-state index in [9.17, 15) is 18.3 Å². The number of alkyl halides is 3. The maximum absolute atomic E-state index is 12.5. The van der Waals surface area contributed by atoms with Gasteiger partial charge in [0.2, 0.25) is 0 Å². The molecule has 2 unspecified atom stereocenters. The predicted octanol–water partition coefficient (Wildman–Crippen LogP) is 3.27. The molecule has 2 atom stereocenters. The Morgan fingerprint density at radius 2 is 2.12 bits per heavy atom. The van der Waals surface area contributed by atoms with E-state index in [0.29, 0.717) is 32.1 Å². The summed E-state index contributed by atoms with van der Waals surface area (Å²) in [5.41, 5.74) is -1.16. The lowest BCUT2D eigenvalue weighted by Crippen LogP contribution is -2.40. The molecular weight excluding hydrogens is 217 g/mol. The Bertz CT molecular complexity index is 266. The van der Waals surface area contributed by atoms with E-state index in [2.05, 4.69) is 5.92 Å². The first-order valence-electron chi connectivity index (χ1n) is 5.60. The molecule has 1 aliphatic rings. The number of halogens is 3. The van der Waals surface area contributed by atoms with Gasteiger partial charge in [0, 0.05) is 6.42 Å². The van der Waals surface area contributed by atoms with E-state index in [1.807, 2.05) is 0 Å². The molecule has 0 saturated heterocycles. The molecule has 1 rings (SSSR count). The maximum Gasteiger partial charge on any atom is 0.391 e. The summed E-state index contributed by atoms with van der Waals surface area (Å²) in [4.78, 5) is 0. The van der Waals surface area contributed by atoms with E-state index < -0.39 is 17.7 Å². The third-order valence-electron chi connectivity index (χ3n) is 3.25.